The predicted octanol–water partition coefficient (Wildman–Crippen LogP) is 2.58. The summed E-state index contributed by atoms with van der Waals surface area (Å²) < 4.78 is 4.39. The van der Waals surface area contributed by atoms with Crippen LogP contribution in [-0.2, 0) is 16.0 Å². The van der Waals surface area contributed by atoms with Crippen molar-refractivity contribution >= 4 is 12.5 Å². The molecule has 3 rings (SSSR count). The van der Waals surface area contributed by atoms with Gasteiger partial charge in [0, 0.05) is 0 Å². The first-order valence-electron chi connectivity index (χ1n) is 6.23. The minimum atomic E-state index is -1.21. The van der Waals surface area contributed by atoms with Gasteiger partial charge >= 0.3 is 119 Å². The van der Waals surface area contributed by atoms with Crippen LogP contribution in [0, 0.1) is 0 Å². The summed E-state index contributed by atoms with van der Waals surface area (Å²) in [6.07, 6.45) is 0. The molecule has 0 fully saturated rings. The Kier molecular flexibility index (Phi) is 3.86. The van der Waals surface area contributed by atoms with Crippen LogP contribution in [0.1, 0.15) is 0 Å². The van der Waals surface area contributed by atoms with Gasteiger partial charge in [0.1, 0.15) is 0 Å². The Morgan fingerprint density at radius 3 is 0.895 bits per heavy atom. The summed E-state index contributed by atoms with van der Waals surface area (Å²) in [7, 11) is 0. The fourth-order valence-electron chi connectivity index (χ4n) is 1.88. The van der Waals surface area contributed by atoms with Gasteiger partial charge in [-0.05, 0) is 0 Å². The first kappa shape index (κ1) is 12.3. The quantitative estimate of drug-likeness (QED) is 0.646. The van der Waals surface area contributed by atoms with Gasteiger partial charge < -0.3 is 0 Å². The van der Waals surface area contributed by atoms with Crippen molar-refractivity contribution in [1.82, 2.24) is 0 Å². The summed E-state index contributed by atoms with van der Waals surface area (Å²) in [6.45, 7) is 0. The van der Waals surface area contributed by atoms with E-state index in [1.54, 1.807) is 0 Å². The first-order valence-corrected chi connectivity index (χ1v) is 8.69. The summed E-state index contributed by atoms with van der Waals surface area (Å²) in [6, 6.07) is 32.6. The second kappa shape index (κ2) is 5.95. The molecule has 0 nitrogen and oxygen atoms in total. The second-order valence-corrected chi connectivity index (χ2v) is 8.13. The molecular weight excluding hydrogens is 319 g/mol. The van der Waals surface area contributed by atoms with Gasteiger partial charge in [-0.15, -0.1) is 0 Å². The molecule has 0 atom stereocenters. The van der Waals surface area contributed by atoms with E-state index in [2.05, 4.69) is 91.0 Å². The Hall–Kier alpha value is -1.72. The molecule has 0 saturated carbocycles. The third-order valence-corrected chi connectivity index (χ3v) is 7.21. The third kappa shape index (κ3) is 2.83. The molecule has 19 heavy (non-hydrogen) atoms. The van der Waals surface area contributed by atoms with E-state index in [4.69, 9.17) is 0 Å². The Morgan fingerprint density at radius 1 is 0.368 bits per heavy atom. The fraction of sp³-hybridized carbons (Fsp3) is 0. The van der Waals surface area contributed by atoms with Crippen molar-refractivity contribution in [3.63, 3.8) is 0 Å². The Morgan fingerprint density at radius 2 is 0.632 bits per heavy atom. The number of hydrogen-bond donors (Lipinski definition) is 0. The standard InChI is InChI=1S/3C6H5.Rh/c3*1-2-4-6-5-3-1;/h3*1-5H;. The van der Waals surface area contributed by atoms with Crippen molar-refractivity contribution in [3.05, 3.63) is 91.0 Å². The summed E-state index contributed by atoms with van der Waals surface area (Å²) in [5.74, 6) is 0. The second-order valence-electron chi connectivity index (χ2n) is 4.06. The average Bonchev–Trinajstić information content (AvgIpc) is 2.51. The molecule has 1 heteroatoms. The first-order chi connectivity index (χ1) is 9.45. The molecule has 3 aromatic rings. The third-order valence-electron chi connectivity index (χ3n) is 2.73. The van der Waals surface area contributed by atoms with Crippen LogP contribution in [0.25, 0.3) is 0 Å². The molecule has 0 aliphatic heterocycles. The molecular formula is C18H15Rh. The van der Waals surface area contributed by atoms with Crippen molar-refractivity contribution in [2.24, 2.45) is 0 Å². The molecule has 0 heterocycles. The minimum absolute atomic E-state index is 1.21. The van der Waals surface area contributed by atoms with E-state index in [0.29, 0.717) is 0 Å². The monoisotopic (exact) mass is 334 g/mol. The summed E-state index contributed by atoms with van der Waals surface area (Å²) in [5.41, 5.74) is 0. The van der Waals surface area contributed by atoms with Crippen LogP contribution in [0.2, 0.25) is 0 Å². The van der Waals surface area contributed by atoms with Gasteiger partial charge in [0.15, 0.2) is 0 Å². The normalized spacial score (nSPS) is 11.1. The summed E-state index contributed by atoms with van der Waals surface area (Å²) in [5, 5.41) is 0. The summed E-state index contributed by atoms with van der Waals surface area (Å²) >= 11 is -1.21. The maximum absolute atomic E-state index is 2.26. The summed E-state index contributed by atoms with van der Waals surface area (Å²) in [4.78, 5) is 0. The van der Waals surface area contributed by atoms with Crippen molar-refractivity contribution in [1.29, 1.82) is 0 Å². The van der Waals surface area contributed by atoms with Crippen LogP contribution >= 0.6 is 0 Å². The van der Waals surface area contributed by atoms with E-state index in [0.717, 1.165) is 0 Å². The van der Waals surface area contributed by atoms with Crippen molar-refractivity contribution < 1.29 is 16.0 Å². The van der Waals surface area contributed by atoms with Crippen LogP contribution < -0.4 is 12.5 Å². The molecule has 0 unspecified atom stereocenters. The van der Waals surface area contributed by atoms with Crippen LogP contribution in [0.3, 0.4) is 0 Å². The van der Waals surface area contributed by atoms with E-state index in [1.807, 2.05) is 0 Å². The van der Waals surface area contributed by atoms with Gasteiger partial charge in [-0.2, -0.15) is 0 Å². The number of benzene rings is 3. The SMILES string of the molecule is c1cc[c]([Rh]([c]2ccccc2)[c]2ccccc2)cc1. The van der Waals surface area contributed by atoms with Gasteiger partial charge in [0.25, 0.3) is 0 Å². The number of hydrogen-bond acceptors (Lipinski definition) is 0. The van der Waals surface area contributed by atoms with Gasteiger partial charge in [-0.25, -0.2) is 0 Å². The van der Waals surface area contributed by atoms with Crippen molar-refractivity contribution in [2.45, 2.75) is 0 Å². The zero-order valence-corrected chi connectivity index (χ0v) is 12.1. The molecule has 0 radical (unpaired) electrons. The van der Waals surface area contributed by atoms with Gasteiger partial charge in [0.05, 0.1) is 0 Å². The van der Waals surface area contributed by atoms with E-state index in [1.165, 1.54) is 12.5 Å². The molecule has 0 aliphatic carbocycles. The molecule has 0 aliphatic rings. The molecule has 0 bridgehead atoms. The van der Waals surface area contributed by atoms with Crippen molar-refractivity contribution in [2.75, 3.05) is 0 Å². The Balaban J connectivity index is 2.12. The molecule has 0 amide bonds. The Bertz CT molecular complexity index is 524. The zero-order chi connectivity index (χ0) is 12.9. The molecule has 0 N–H and O–H groups in total. The molecule has 0 saturated heterocycles. The van der Waals surface area contributed by atoms with Crippen LogP contribution in [-0.4, -0.2) is 0 Å². The fourth-order valence-corrected chi connectivity index (χ4v) is 6.11. The zero-order valence-electron chi connectivity index (χ0n) is 10.5. The topological polar surface area (TPSA) is 0 Å². The van der Waals surface area contributed by atoms with Gasteiger partial charge in [0.2, 0.25) is 0 Å². The van der Waals surface area contributed by atoms with Gasteiger partial charge in [-0.1, -0.05) is 0 Å². The van der Waals surface area contributed by atoms with Gasteiger partial charge in [-0.3, -0.25) is 0 Å². The van der Waals surface area contributed by atoms with Crippen LogP contribution in [0.5, 0.6) is 0 Å². The number of rotatable bonds is 3. The van der Waals surface area contributed by atoms with E-state index in [9.17, 15) is 0 Å². The molecule has 96 valence electrons. The van der Waals surface area contributed by atoms with Crippen LogP contribution in [0.4, 0.5) is 0 Å². The van der Waals surface area contributed by atoms with Crippen LogP contribution in [0.15, 0.2) is 91.0 Å². The Labute approximate surface area is 119 Å². The van der Waals surface area contributed by atoms with Crippen molar-refractivity contribution in [3.8, 4) is 0 Å². The average molecular weight is 334 g/mol. The van der Waals surface area contributed by atoms with E-state index in [-0.39, 0.29) is 0 Å². The molecule has 0 spiro atoms. The van der Waals surface area contributed by atoms with E-state index >= 15 is 0 Å². The maximum atomic E-state index is 2.26. The molecule has 0 aromatic heterocycles. The predicted molar refractivity (Wildman–Crippen MR) is 78.2 cm³/mol. The molecule has 3 aromatic carbocycles. The van der Waals surface area contributed by atoms with E-state index < -0.39 is 16.0 Å².